The number of amides is 3. The van der Waals surface area contributed by atoms with Gasteiger partial charge in [0, 0.05) is 17.4 Å². The van der Waals surface area contributed by atoms with Crippen LogP contribution in [-0.4, -0.2) is 27.3 Å². The first-order valence-corrected chi connectivity index (χ1v) is 8.20. The van der Waals surface area contributed by atoms with E-state index in [9.17, 15) is 14.4 Å². The second-order valence-electron chi connectivity index (χ2n) is 4.54. The Morgan fingerprint density at radius 1 is 1.27 bits per heavy atom. The van der Waals surface area contributed by atoms with Crippen molar-refractivity contribution in [3.8, 4) is 11.3 Å². The minimum atomic E-state index is -0.666. The van der Waals surface area contributed by atoms with E-state index in [0.29, 0.717) is 5.13 Å². The summed E-state index contributed by atoms with van der Waals surface area (Å²) in [4.78, 5) is 38.7. The van der Waals surface area contributed by atoms with Gasteiger partial charge >= 0.3 is 0 Å². The number of nitrogens with one attached hydrogen (secondary N) is 2. The van der Waals surface area contributed by atoms with Crippen molar-refractivity contribution in [3.05, 3.63) is 35.7 Å². The number of thioether (sulfide) groups is 1. The van der Waals surface area contributed by atoms with Crippen LogP contribution in [0.3, 0.4) is 0 Å². The summed E-state index contributed by atoms with van der Waals surface area (Å²) in [5.41, 5.74) is 1.75. The second kappa shape index (κ2) is 6.29. The molecule has 0 radical (unpaired) electrons. The Bertz CT molecular complexity index is 730. The van der Waals surface area contributed by atoms with E-state index in [4.69, 9.17) is 0 Å². The van der Waals surface area contributed by atoms with Gasteiger partial charge in [-0.2, -0.15) is 0 Å². The average molecular weight is 333 g/mol. The van der Waals surface area contributed by atoms with Crippen LogP contribution in [0.1, 0.15) is 6.42 Å². The lowest BCUT2D eigenvalue weighted by Crippen LogP contribution is -2.27. The molecule has 2 N–H and O–H groups in total. The molecule has 1 aliphatic rings. The molecular formula is C14H11N3O3S2. The van der Waals surface area contributed by atoms with Crippen molar-refractivity contribution in [2.75, 3.05) is 5.32 Å². The van der Waals surface area contributed by atoms with Crippen molar-refractivity contribution < 1.29 is 14.4 Å². The van der Waals surface area contributed by atoms with Gasteiger partial charge < -0.3 is 5.32 Å². The SMILES string of the molecule is O=C(CC1SC(=O)NC1=O)Nc1nc(-c2ccccc2)cs1. The normalized spacial score (nSPS) is 17.4. The van der Waals surface area contributed by atoms with E-state index in [0.717, 1.165) is 23.0 Å². The Morgan fingerprint density at radius 2 is 2.05 bits per heavy atom. The fourth-order valence-corrected chi connectivity index (χ4v) is 3.49. The van der Waals surface area contributed by atoms with E-state index in [-0.39, 0.29) is 12.3 Å². The maximum atomic E-state index is 11.9. The zero-order valence-electron chi connectivity index (χ0n) is 11.2. The molecule has 3 amide bonds. The maximum Gasteiger partial charge on any atom is 0.286 e. The molecule has 1 aromatic carbocycles. The molecule has 1 unspecified atom stereocenters. The lowest BCUT2D eigenvalue weighted by molar-refractivity contribution is -0.122. The standard InChI is InChI=1S/C14H11N3O3S2/c18-11(6-10-12(19)17-14(20)22-10)16-13-15-9(7-21-13)8-4-2-1-3-5-8/h1-5,7,10H,6H2,(H,15,16,18)(H,17,19,20). The molecule has 1 aromatic heterocycles. The number of imide groups is 1. The van der Waals surface area contributed by atoms with Crippen LogP contribution in [0.15, 0.2) is 35.7 Å². The van der Waals surface area contributed by atoms with E-state index < -0.39 is 16.4 Å². The zero-order chi connectivity index (χ0) is 15.5. The number of carbonyl (C=O) groups excluding carboxylic acids is 3. The van der Waals surface area contributed by atoms with Gasteiger partial charge in [-0.3, -0.25) is 19.7 Å². The van der Waals surface area contributed by atoms with Crippen LogP contribution in [0, 0.1) is 0 Å². The maximum absolute atomic E-state index is 11.9. The van der Waals surface area contributed by atoms with Crippen molar-refractivity contribution in [2.45, 2.75) is 11.7 Å². The van der Waals surface area contributed by atoms with Crippen LogP contribution < -0.4 is 10.6 Å². The lowest BCUT2D eigenvalue weighted by Gasteiger charge is -2.04. The fraction of sp³-hybridized carbons (Fsp3) is 0.143. The van der Waals surface area contributed by atoms with Gasteiger partial charge in [-0.05, 0) is 0 Å². The van der Waals surface area contributed by atoms with Gasteiger partial charge in [0.15, 0.2) is 5.13 Å². The van der Waals surface area contributed by atoms with E-state index in [1.165, 1.54) is 11.3 Å². The summed E-state index contributed by atoms with van der Waals surface area (Å²) in [7, 11) is 0. The number of benzene rings is 1. The predicted molar refractivity (Wildman–Crippen MR) is 85.7 cm³/mol. The molecule has 1 aliphatic heterocycles. The third-order valence-electron chi connectivity index (χ3n) is 2.96. The summed E-state index contributed by atoms with van der Waals surface area (Å²) < 4.78 is 0. The summed E-state index contributed by atoms with van der Waals surface area (Å²) in [5, 5.41) is 6.06. The van der Waals surface area contributed by atoms with Crippen molar-refractivity contribution >= 4 is 45.3 Å². The molecule has 0 spiro atoms. The predicted octanol–water partition coefficient (Wildman–Crippen LogP) is 2.49. The number of thiazole rings is 1. The molecule has 0 aliphatic carbocycles. The number of hydrogen-bond acceptors (Lipinski definition) is 6. The molecular weight excluding hydrogens is 322 g/mol. The van der Waals surface area contributed by atoms with Crippen molar-refractivity contribution in [3.63, 3.8) is 0 Å². The molecule has 1 fully saturated rings. The number of hydrogen-bond donors (Lipinski definition) is 2. The van der Waals surface area contributed by atoms with Gasteiger partial charge in [-0.25, -0.2) is 4.98 Å². The van der Waals surface area contributed by atoms with Crippen LogP contribution in [-0.2, 0) is 9.59 Å². The molecule has 3 rings (SSSR count). The average Bonchev–Trinajstić information content (AvgIpc) is 3.07. The molecule has 2 aromatic rings. The van der Waals surface area contributed by atoms with Crippen LogP contribution >= 0.6 is 23.1 Å². The van der Waals surface area contributed by atoms with Crippen molar-refractivity contribution in [2.24, 2.45) is 0 Å². The number of carbonyl (C=O) groups is 3. The van der Waals surface area contributed by atoms with Crippen molar-refractivity contribution in [1.82, 2.24) is 10.3 Å². The van der Waals surface area contributed by atoms with Crippen molar-refractivity contribution in [1.29, 1.82) is 0 Å². The smallest absolute Gasteiger partial charge is 0.286 e. The summed E-state index contributed by atoms with van der Waals surface area (Å²) in [6, 6.07) is 9.63. The van der Waals surface area contributed by atoms with Crippen LogP contribution in [0.25, 0.3) is 11.3 Å². The zero-order valence-corrected chi connectivity index (χ0v) is 12.9. The molecule has 0 bridgehead atoms. The Kier molecular flexibility index (Phi) is 4.21. The molecule has 1 atom stereocenters. The molecule has 8 heteroatoms. The summed E-state index contributed by atoms with van der Waals surface area (Å²) in [6.07, 6.45) is -0.0531. The first-order chi connectivity index (χ1) is 10.6. The summed E-state index contributed by atoms with van der Waals surface area (Å²) in [5.74, 6) is -0.759. The van der Waals surface area contributed by atoms with Gasteiger partial charge in [-0.15, -0.1) is 11.3 Å². The molecule has 6 nitrogen and oxygen atoms in total. The molecule has 22 heavy (non-hydrogen) atoms. The van der Waals surface area contributed by atoms with Gasteiger partial charge in [0.2, 0.25) is 11.8 Å². The summed E-state index contributed by atoms with van der Waals surface area (Å²) in [6.45, 7) is 0. The van der Waals surface area contributed by atoms with Crippen LogP contribution in [0.4, 0.5) is 9.93 Å². The topological polar surface area (TPSA) is 88.2 Å². The highest BCUT2D eigenvalue weighted by molar-refractivity contribution is 8.15. The van der Waals surface area contributed by atoms with Crippen LogP contribution in [0.2, 0.25) is 0 Å². The number of rotatable bonds is 4. The second-order valence-corrected chi connectivity index (χ2v) is 6.57. The van der Waals surface area contributed by atoms with Crippen LogP contribution in [0.5, 0.6) is 0 Å². The Balaban J connectivity index is 1.62. The van der Waals surface area contributed by atoms with Gasteiger partial charge in [-0.1, -0.05) is 42.1 Å². The molecule has 112 valence electrons. The van der Waals surface area contributed by atoms with E-state index >= 15 is 0 Å². The van der Waals surface area contributed by atoms with E-state index in [2.05, 4.69) is 15.6 Å². The quantitative estimate of drug-likeness (QED) is 0.897. The fourth-order valence-electron chi connectivity index (χ4n) is 1.94. The number of aromatic nitrogens is 1. The molecule has 1 saturated heterocycles. The van der Waals surface area contributed by atoms with Gasteiger partial charge in [0.1, 0.15) is 5.25 Å². The Labute approximate surface area is 134 Å². The first-order valence-electron chi connectivity index (χ1n) is 6.44. The van der Waals surface area contributed by atoms with E-state index in [1.54, 1.807) is 0 Å². The minimum Gasteiger partial charge on any atom is -0.302 e. The largest absolute Gasteiger partial charge is 0.302 e. The summed E-state index contributed by atoms with van der Waals surface area (Å²) >= 11 is 2.15. The minimum absolute atomic E-state index is 0.0531. The number of nitrogens with zero attached hydrogens (tertiary/aromatic N) is 1. The highest BCUT2D eigenvalue weighted by Gasteiger charge is 2.33. The van der Waals surface area contributed by atoms with Gasteiger partial charge in [0.25, 0.3) is 5.24 Å². The third-order valence-corrected chi connectivity index (χ3v) is 4.70. The van der Waals surface area contributed by atoms with E-state index in [1.807, 2.05) is 35.7 Å². The monoisotopic (exact) mass is 333 g/mol. The highest BCUT2D eigenvalue weighted by Crippen LogP contribution is 2.26. The first kappa shape index (κ1) is 14.7. The Morgan fingerprint density at radius 3 is 2.73 bits per heavy atom. The van der Waals surface area contributed by atoms with Gasteiger partial charge in [0.05, 0.1) is 5.69 Å². The molecule has 2 heterocycles. The highest BCUT2D eigenvalue weighted by atomic mass is 32.2. The molecule has 0 saturated carbocycles. The third kappa shape index (κ3) is 3.34. The Hall–Kier alpha value is -2.19. The lowest BCUT2D eigenvalue weighted by atomic mass is 10.2. The number of anilines is 1.